The Labute approximate surface area is 107 Å². The van der Waals surface area contributed by atoms with E-state index in [0.717, 1.165) is 6.42 Å². The topological polar surface area (TPSA) is 40.5 Å². The van der Waals surface area contributed by atoms with Gasteiger partial charge in [-0.1, -0.05) is 6.07 Å². The molecule has 0 bridgehead atoms. The average Bonchev–Trinajstić information content (AvgIpc) is 2.74. The van der Waals surface area contributed by atoms with Gasteiger partial charge in [-0.2, -0.15) is 0 Å². The lowest BCUT2D eigenvalue weighted by Gasteiger charge is -2.28. The molecule has 1 atom stereocenters. The number of aliphatic hydroxyl groups is 1. The summed E-state index contributed by atoms with van der Waals surface area (Å²) in [5.41, 5.74) is 0. The van der Waals surface area contributed by atoms with Crippen LogP contribution in [-0.2, 0) is 11.2 Å². The fraction of sp³-hybridized carbons (Fsp3) is 0.615. The maximum absolute atomic E-state index is 12.0. The fourth-order valence-electron chi connectivity index (χ4n) is 1.71. The first-order chi connectivity index (χ1) is 8.00. The third-order valence-corrected chi connectivity index (χ3v) is 3.51. The number of aliphatic hydroxyl groups excluding tert-OH is 1. The molecule has 0 aliphatic rings. The van der Waals surface area contributed by atoms with E-state index in [4.69, 9.17) is 0 Å². The van der Waals surface area contributed by atoms with E-state index >= 15 is 0 Å². The van der Waals surface area contributed by atoms with Crippen LogP contribution in [0.3, 0.4) is 0 Å². The minimum atomic E-state index is -0.469. The predicted molar refractivity (Wildman–Crippen MR) is 71.2 cm³/mol. The molecule has 0 saturated carbocycles. The van der Waals surface area contributed by atoms with Crippen molar-refractivity contribution in [3.05, 3.63) is 22.4 Å². The van der Waals surface area contributed by atoms with Crippen molar-refractivity contribution >= 4 is 17.2 Å². The summed E-state index contributed by atoms with van der Waals surface area (Å²) in [6.45, 7) is 6.08. The normalized spacial score (nSPS) is 12.8. The van der Waals surface area contributed by atoms with Gasteiger partial charge in [0, 0.05) is 23.9 Å². The molecule has 0 spiro atoms. The Balaban J connectivity index is 2.47. The van der Waals surface area contributed by atoms with Crippen LogP contribution in [0.5, 0.6) is 0 Å². The summed E-state index contributed by atoms with van der Waals surface area (Å²) in [6.07, 6.45) is 0.841. The molecule has 0 aliphatic heterocycles. The summed E-state index contributed by atoms with van der Waals surface area (Å²) in [6, 6.07) is 4.19. The van der Waals surface area contributed by atoms with Crippen LogP contribution in [0, 0.1) is 0 Å². The number of carbonyl (C=O) groups excluding carboxylic acids is 1. The van der Waals surface area contributed by atoms with Crippen LogP contribution in [0.4, 0.5) is 0 Å². The first-order valence-electron chi connectivity index (χ1n) is 6.00. The van der Waals surface area contributed by atoms with E-state index in [1.165, 1.54) is 4.88 Å². The van der Waals surface area contributed by atoms with Crippen LogP contribution < -0.4 is 0 Å². The molecule has 0 radical (unpaired) electrons. The average molecular weight is 255 g/mol. The molecule has 0 aliphatic carbocycles. The molecule has 0 fully saturated rings. The number of carbonyl (C=O) groups is 1. The lowest BCUT2D eigenvalue weighted by Crippen LogP contribution is -2.41. The SMILES string of the molecule is CC(O)CN(C(=O)CCc1cccs1)C(C)C. The molecule has 1 amide bonds. The van der Waals surface area contributed by atoms with Gasteiger partial charge in [-0.15, -0.1) is 11.3 Å². The second-order valence-electron chi connectivity index (χ2n) is 4.57. The molecule has 3 nitrogen and oxygen atoms in total. The quantitative estimate of drug-likeness (QED) is 0.847. The smallest absolute Gasteiger partial charge is 0.223 e. The zero-order valence-corrected chi connectivity index (χ0v) is 11.5. The van der Waals surface area contributed by atoms with Crippen molar-refractivity contribution in [1.82, 2.24) is 4.90 Å². The van der Waals surface area contributed by atoms with E-state index in [0.29, 0.717) is 13.0 Å². The summed E-state index contributed by atoms with van der Waals surface area (Å²) in [7, 11) is 0. The van der Waals surface area contributed by atoms with E-state index < -0.39 is 6.10 Å². The molecular formula is C13H21NO2S. The summed E-state index contributed by atoms with van der Waals surface area (Å²) >= 11 is 1.68. The van der Waals surface area contributed by atoms with Gasteiger partial charge in [0.15, 0.2) is 0 Å². The highest BCUT2D eigenvalue weighted by atomic mass is 32.1. The Morgan fingerprint density at radius 1 is 1.47 bits per heavy atom. The van der Waals surface area contributed by atoms with Gasteiger partial charge < -0.3 is 10.0 Å². The second-order valence-corrected chi connectivity index (χ2v) is 5.60. The van der Waals surface area contributed by atoms with Gasteiger partial charge in [0.1, 0.15) is 0 Å². The van der Waals surface area contributed by atoms with E-state index in [9.17, 15) is 9.90 Å². The summed E-state index contributed by atoms with van der Waals surface area (Å²) in [4.78, 5) is 15.0. The van der Waals surface area contributed by atoms with Gasteiger partial charge in [-0.3, -0.25) is 4.79 Å². The lowest BCUT2D eigenvalue weighted by molar-refractivity contribution is -0.134. The molecule has 17 heavy (non-hydrogen) atoms. The Bertz CT molecular complexity index is 333. The molecule has 1 heterocycles. The van der Waals surface area contributed by atoms with Gasteiger partial charge in [0.25, 0.3) is 0 Å². The third kappa shape index (κ3) is 4.88. The summed E-state index contributed by atoms with van der Waals surface area (Å²) in [5, 5.41) is 11.4. The van der Waals surface area contributed by atoms with Crippen molar-refractivity contribution in [3.63, 3.8) is 0 Å². The van der Waals surface area contributed by atoms with Gasteiger partial charge in [0.05, 0.1) is 6.10 Å². The molecular weight excluding hydrogens is 234 g/mol. The molecule has 0 aromatic carbocycles. The maximum atomic E-state index is 12.0. The number of amides is 1. The molecule has 4 heteroatoms. The number of thiophene rings is 1. The number of hydrogen-bond donors (Lipinski definition) is 1. The fourth-order valence-corrected chi connectivity index (χ4v) is 2.42. The van der Waals surface area contributed by atoms with E-state index in [1.807, 2.05) is 31.4 Å². The first-order valence-corrected chi connectivity index (χ1v) is 6.88. The number of rotatable bonds is 6. The Morgan fingerprint density at radius 2 is 2.18 bits per heavy atom. The monoisotopic (exact) mass is 255 g/mol. The Morgan fingerprint density at radius 3 is 2.65 bits per heavy atom. The van der Waals surface area contributed by atoms with Crippen LogP contribution in [0.2, 0.25) is 0 Å². The predicted octanol–water partition coefficient (Wildman–Crippen LogP) is 2.30. The molecule has 1 aromatic heterocycles. The van der Waals surface area contributed by atoms with Gasteiger partial charge in [-0.25, -0.2) is 0 Å². The largest absolute Gasteiger partial charge is 0.392 e. The van der Waals surface area contributed by atoms with Crippen LogP contribution in [0.15, 0.2) is 17.5 Å². The summed E-state index contributed by atoms with van der Waals surface area (Å²) in [5.74, 6) is 0.120. The molecule has 1 rings (SSSR count). The lowest BCUT2D eigenvalue weighted by atomic mass is 10.2. The first kappa shape index (κ1) is 14.2. The standard InChI is InChI=1S/C13H21NO2S/c1-10(2)14(9-11(3)15)13(16)7-6-12-5-4-8-17-12/h4-5,8,10-11,15H,6-7,9H2,1-3H3. The van der Waals surface area contributed by atoms with E-state index in [2.05, 4.69) is 0 Å². The van der Waals surface area contributed by atoms with Crippen LogP contribution >= 0.6 is 11.3 Å². The molecule has 1 unspecified atom stereocenters. The van der Waals surface area contributed by atoms with Crippen molar-refractivity contribution in [2.45, 2.75) is 45.8 Å². The zero-order valence-electron chi connectivity index (χ0n) is 10.7. The summed E-state index contributed by atoms with van der Waals surface area (Å²) < 4.78 is 0. The minimum Gasteiger partial charge on any atom is -0.392 e. The second kappa shape index (κ2) is 6.77. The highest BCUT2D eigenvalue weighted by Crippen LogP contribution is 2.13. The number of nitrogens with zero attached hydrogens (tertiary/aromatic N) is 1. The van der Waals surface area contributed by atoms with Crippen molar-refractivity contribution in [2.75, 3.05) is 6.54 Å². The molecule has 1 N–H and O–H groups in total. The number of aryl methyl sites for hydroxylation is 1. The zero-order chi connectivity index (χ0) is 12.8. The highest BCUT2D eigenvalue weighted by molar-refractivity contribution is 7.09. The minimum absolute atomic E-state index is 0.120. The van der Waals surface area contributed by atoms with Crippen LogP contribution in [-0.4, -0.2) is 34.6 Å². The molecule has 0 saturated heterocycles. The number of hydrogen-bond acceptors (Lipinski definition) is 3. The Hall–Kier alpha value is -0.870. The van der Waals surface area contributed by atoms with Crippen molar-refractivity contribution < 1.29 is 9.90 Å². The van der Waals surface area contributed by atoms with Gasteiger partial charge in [-0.05, 0) is 38.6 Å². The van der Waals surface area contributed by atoms with Crippen molar-refractivity contribution in [2.24, 2.45) is 0 Å². The third-order valence-electron chi connectivity index (χ3n) is 2.57. The van der Waals surface area contributed by atoms with Gasteiger partial charge >= 0.3 is 0 Å². The molecule has 1 aromatic rings. The van der Waals surface area contributed by atoms with Crippen molar-refractivity contribution in [3.8, 4) is 0 Å². The maximum Gasteiger partial charge on any atom is 0.223 e. The van der Waals surface area contributed by atoms with E-state index in [-0.39, 0.29) is 11.9 Å². The highest BCUT2D eigenvalue weighted by Gasteiger charge is 2.18. The van der Waals surface area contributed by atoms with E-state index in [1.54, 1.807) is 23.2 Å². The molecule has 96 valence electrons. The van der Waals surface area contributed by atoms with Gasteiger partial charge in [0.2, 0.25) is 5.91 Å². The van der Waals surface area contributed by atoms with Crippen molar-refractivity contribution in [1.29, 1.82) is 0 Å². The van der Waals surface area contributed by atoms with Crippen LogP contribution in [0.25, 0.3) is 0 Å². The van der Waals surface area contributed by atoms with Crippen LogP contribution in [0.1, 0.15) is 32.1 Å². The Kier molecular flexibility index (Phi) is 5.65.